The summed E-state index contributed by atoms with van der Waals surface area (Å²) >= 11 is 0. The number of aliphatic hydroxyl groups excluding tert-OH is 1. The van der Waals surface area contributed by atoms with Crippen molar-refractivity contribution in [2.45, 2.75) is 26.9 Å². The van der Waals surface area contributed by atoms with E-state index in [0.717, 1.165) is 0 Å². The molecule has 3 N–H and O–H groups in total. The second-order valence-electron chi connectivity index (χ2n) is 1.50. The number of hydrogen-bond acceptors (Lipinski definition) is 1. The first-order chi connectivity index (χ1) is 3.15. The number of allylic oxidation sites excluding steroid dienone is 1. The van der Waals surface area contributed by atoms with Crippen LogP contribution >= 0.6 is 0 Å². The van der Waals surface area contributed by atoms with Crippen LogP contribution in [0.4, 0.5) is 0 Å². The molecule has 0 aliphatic rings. The van der Waals surface area contributed by atoms with E-state index in [0.29, 0.717) is 0 Å². The van der Waals surface area contributed by atoms with E-state index >= 15 is 0 Å². The number of aliphatic hydroxyl groups is 1. The molecule has 0 atom stereocenters. The predicted octanol–water partition coefficient (Wildman–Crippen LogP) is 0.755. The van der Waals surface area contributed by atoms with Crippen LogP contribution < -0.4 is 0 Å². The van der Waals surface area contributed by atoms with Gasteiger partial charge in [-0.3, -0.25) is 0 Å². The second-order valence-corrected chi connectivity index (χ2v) is 1.50. The van der Waals surface area contributed by atoms with Crippen LogP contribution in [0.2, 0.25) is 0 Å². The van der Waals surface area contributed by atoms with Crippen LogP contribution in [0, 0.1) is 0 Å². The van der Waals surface area contributed by atoms with Gasteiger partial charge in [0.25, 0.3) is 0 Å². The Hall–Kier alpha value is -0.340. The standard InChI is InChI=1S/C3H8O.C3H6.H2O/c1-3(2)4;1-3-2;/h3-4H,1-2H3;3H,1H2,2H3;1H2. The maximum atomic E-state index is 8.06. The lowest BCUT2D eigenvalue weighted by atomic mass is 10.5. The Kier molecular flexibility index (Phi) is 31.2. The summed E-state index contributed by atoms with van der Waals surface area (Å²) in [6.07, 6.45) is 1.58. The van der Waals surface area contributed by atoms with Crippen LogP contribution in [-0.4, -0.2) is 16.7 Å². The molecule has 0 fully saturated rings. The smallest absolute Gasteiger partial charge is 0.0483 e. The van der Waals surface area contributed by atoms with E-state index in [1.54, 1.807) is 19.9 Å². The minimum absolute atomic E-state index is 0. The normalized spacial score (nSPS) is 6.12. The Morgan fingerprint density at radius 2 is 1.50 bits per heavy atom. The quantitative estimate of drug-likeness (QED) is 0.471. The van der Waals surface area contributed by atoms with Gasteiger partial charge in [0, 0.05) is 6.10 Å². The molecule has 0 unspecified atom stereocenters. The summed E-state index contributed by atoms with van der Waals surface area (Å²) in [4.78, 5) is 0. The van der Waals surface area contributed by atoms with Crippen LogP contribution in [0.1, 0.15) is 20.8 Å². The summed E-state index contributed by atoms with van der Waals surface area (Å²) in [6.45, 7) is 8.69. The van der Waals surface area contributed by atoms with E-state index in [9.17, 15) is 0 Å². The van der Waals surface area contributed by atoms with Crippen molar-refractivity contribution in [2.75, 3.05) is 0 Å². The molecule has 8 heavy (non-hydrogen) atoms. The van der Waals surface area contributed by atoms with Gasteiger partial charge >= 0.3 is 0 Å². The monoisotopic (exact) mass is 120 g/mol. The zero-order valence-electron chi connectivity index (χ0n) is 5.81. The summed E-state index contributed by atoms with van der Waals surface area (Å²) < 4.78 is 0. The second kappa shape index (κ2) is 15.9. The summed E-state index contributed by atoms with van der Waals surface area (Å²) in [6, 6.07) is 0. The van der Waals surface area contributed by atoms with E-state index in [-0.39, 0.29) is 11.6 Å². The third kappa shape index (κ3) is 1060. The van der Waals surface area contributed by atoms with E-state index in [1.807, 2.05) is 6.92 Å². The highest BCUT2D eigenvalue weighted by Crippen LogP contribution is 1.65. The molecule has 0 aromatic carbocycles. The minimum atomic E-state index is -0.167. The summed E-state index contributed by atoms with van der Waals surface area (Å²) in [5.41, 5.74) is 0. The van der Waals surface area contributed by atoms with Gasteiger partial charge in [0.2, 0.25) is 0 Å². The molecular weight excluding hydrogens is 104 g/mol. The van der Waals surface area contributed by atoms with Crippen LogP contribution in [0.25, 0.3) is 0 Å². The molecule has 0 heterocycles. The lowest BCUT2D eigenvalue weighted by Crippen LogP contribution is -1.85. The van der Waals surface area contributed by atoms with Gasteiger partial charge in [-0.15, -0.1) is 6.58 Å². The lowest BCUT2D eigenvalue weighted by Gasteiger charge is -1.80. The molecule has 2 heteroatoms. The predicted molar refractivity (Wildman–Crippen MR) is 36.8 cm³/mol. The molecular formula is C6H16O2. The maximum Gasteiger partial charge on any atom is 0.0483 e. The van der Waals surface area contributed by atoms with Crippen molar-refractivity contribution in [1.29, 1.82) is 0 Å². The number of hydrogen-bond donors (Lipinski definition) is 1. The zero-order valence-corrected chi connectivity index (χ0v) is 5.81. The molecule has 0 rings (SSSR count). The zero-order chi connectivity index (χ0) is 6.28. The van der Waals surface area contributed by atoms with E-state index in [2.05, 4.69) is 6.58 Å². The first-order valence-corrected chi connectivity index (χ1v) is 2.40. The maximum absolute atomic E-state index is 8.06. The Morgan fingerprint density at radius 1 is 1.50 bits per heavy atom. The molecule has 52 valence electrons. The Balaban J connectivity index is -0.0000000575. The summed E-state index contributed by atoms with van der Waals surface area (Å²) in [7, 11) is 0. The van der Waals surface area contributed by atoms with Crippen molar-refractivity contribution in [3.8, 4) is 0 Å². The van der Waals surface area contributed by atoms with Gasteiger partial charge in [0.1, 0.15) is 0 Å². The molecule has 0 aromatic rings. The fourth-order valence-electron chi connectivity index (χ4n) is 0. The Labute approximate surface area is 51.2 Å². The van der Waals surface area contributed by atoms with Crippen LogP contribution in [-0.2, 0) is 0 Å². The average molecular weight is 120 g/mol. The van der Waals surface area contributed by atoms with Crippen molar-refractivity contribution in [2.24, 2.45) is 0 Å². The minimum Gasteiger partial charge on any atom is -0.412 e. The average Bonchev–Trinajstić information content (AvgIpc) is 1.33. The molecule has 0 amide bonds. The van der Waals surface area contributed by atoms with Crippen molar-refractivity contribution in [3.63, 3.8) is 0 Å². The molecule has 0 aliphatic heterocycles. The first-order valence-electron chi connectivity index (χ1n) is 2.40. The van der Waals surface area contributed by atoms with Gasteiger partial charge < -0.3 is 10.6 Å². The lowest BCUT2D eigenvalue weighted by molar-refractivity contribution is 0.216. The molecule has 0 spiro atoms. The van der Waals surface area contributed by atoms with Gasteiger partial charge in [-0.25, -0.2) is 0 Å². The molecule has 0 bridgehead atoms. The van der Waals surface area contributed by atoms with Crippen LogP contribution in [0.5, 0.6) is 0 Å². The topological polar surface area (TPSA) is 51.7 Å². The van der Waals surface area contributed by atoms with Crippen molar-refractivity contribution >= 4 is 0 Å². The summed E-state index contributed by atoms with van der Waals surface area (Å²) in [5, 5.41) is 8.06. The Bertz CT molecular complexity index is 30.8. The fourth-order valence-corrected chi connectivity index (χ4v) is 0. The largest absolute Gasteiger partial charge is 0.412 e. The molecule has 0 aliphatic carbocycles. The first kappa shape index (κ1) is 15.6. The van der Waals surface area contributed by atoms with Crippen molar-refractivity contribution in [3.05, 3.63) is 12.7 Å². The van der Waals surface area contributed by atoms with Gasteiger partial charge in [0.05, 0.1) is 0 Å². The fraction of sp³-hybridized carbons (Fsp3) is 0.667. The van der Waals surface area contributed by atoms with Crippen molar-refractivity contribution in [1.82, 2.24) is 0 Å². The highest BCUT2D eigenvalue weighted by Gasteiger charge is 1.69. The van der Waals surface area contributed by atoms with Crippen LogP contribution in [0.15, 0.2) is 12.7 Å². The summed E-state index contributed by atoms with van der Waals surface area (Å²) in [5.74, 6) is 0. The van der Waals surface area contributed by atoms with E-state index < -0.39 is 0 Å². The number of rotatable bonds is 0. The van der Waals surface area contributed by atoms with E-state index in [1.165, 1.54) is 0 Å². The Morgan fingerprint density at radius 3 is 1.50 bits per heavy atom. The van der Waals surface area contributed by atoms with Gasteiger partial charge in [-0.1, -0.05) is 6.08 Å². The SMILES string of the molecule is C=CC.CC(C)O.O. The van der Waals surface area contributed by atoms with E-state index in [4.69, 9.17) is 5.11 Å². The molecule has 2 nitrogen and oxygen atoms in total. The molecule has 0 saturated carbocycles. The molecule has 0 saturated heterocycles. The third-order valence-corrected chi connectivity index (χ3v) is 0. The van der Waals surface area contributed by atoms with Crippen LogP contribution in [0.3, 0.4) is 0 Å². The van der Waals surface area contributed by atoms with Gasteiger partial charge in [0.15, 0.2) is 0 Å². The third-order valence-electron chi connectivity index (χ3n) is 0. The highest BCUT2D eigenvalue weighted by molar-refractivity contribution is 4.51. The molecule has 0 radical (unpaired) electrons. The molecule has 0 aromatic heterocycles. The van der Waals surface area contributed by atoms with Gasteiger partial charge in [-0.2, -0.15) is 0 Å². The highest BCUT2D eigenvalue weighted by atomic mass is 16.3. The van der Waals surface area contributed by atoms with Crippen molar-refractivity contribution < 1.29 is 10.6 Å². The van der Waals surface area contributed by atoms with Gasteiger partial charge in [-0.05, 0) is 20.8 Å².